The first kappa shape index (κ1) is 16.0. The largest absolute Gasteiger partial charge is 0.330 e. The standard InChI is InChI=1S/C19H23N5O/c1-22-17-13-20-14-21-18(17)24(19(22)25)16-8-11-23(12-9-16)10-7-15-5-3-2-4-6-15/h2-6,13-14,16H,7-12H2,1H3. The maximum absolute atomic E-state index is 12.6. The SMILES string of the molecule is Cn1c(=O)n(C2CCN(CCc3ccccc3)CC2)c2ncncc21. The van der Waals surface area contributed by atoms with Crippen LogP contribution in [0, 0.1) is 0 Å². The van der Waals surface area contributed by atoms with Crippen LogP contribution in [0.4, 0.5) is 0 Å². The highest BCUT2D eigenvalue weighted by molar-refractivity contribution is 5.70. The summed E-state index contributed by atoms with van der Waals surface area (Å²) in [5, 5.41) is 0. The van der Waals surface area contributed by atoms with E-state index in [1.807, 2.05) is 4.57 Å². The van der Waals surface area contributed by atoms with E-state index in [4.69, 9.17) is 0 Å². The van der Waals surface area contributed by atoms with Gasteiger partial charge in [-0.25, -0.2) is 14.8 Å². The van der Waals surface area contributed by atoms with E-state index in [1.54, 1.807) is 17.8 Å². The lowest BCUT2D eigenvalue weighted by Gasteiger charge is -2.32. The van der Waals surface area contributed by atoms with Crippen molar-refractivity contribution in [2.75, 3.05) is 19.6 Å². The van der Waals surface area contributed by atoms with Gasteiger partial charge in [0, 0.05) is 32.7 Å². The summed E-state index contributed by atoms with van der Waals surface area (Å²) in [5.74, 6) is 0. The molecule has 1 fully saturated rings. The van der Waals surface area contributed by atoms with E-state index in [-0.39, 0.29) is 11.7 Å². The topological polar surface area (TPSA) is 56.0 Å². The first-order valence-electron chi connectivity index (χ1n) is 8.87. The number of hydrogen-bond acceptors (Lipinski definition) is 4. The zero-order chi connectivity index (χ0) is 17.2. The molecule has 0 bridgehead atoms. The lowest BCUT2D eigenvalue weighted by Crippen LogP contribution is -2.38. The average molecular weight is 337 g/mol. The minimum Gasteiger partial charge on any atom is -0.303 e. The van der Waals surface area contributed by atoms with Crippen molar-refractivity contribution < 1.29 is 0 Å². The smallest absolute Gasteiger partial charge is 0.303 e. The zero-order valence-electron chi connectivity index (χ0n) is 14.5. The first-order valence-corrected chi connectivity index (χ1v) is 8.87. The molecule has 0 N–H and O–H groups in total. The number of likely N-dealkylation sites (tertiary alicyclic amines) is 1. The highest BCUT2D eigenvalue weighted by Gasteiger charge is 2.25. The molecule has 1 aliphatic heterocycles. The Morgan fingerprint density at radius 3 is 2.68 bits per heavy atom. The van der Waals surface area contributed by atoms with Crippen LogP contribution >= 0.6 is 0 Å². The highest BCUT2D eigenvalue weighted by Crippen LogP contribution is 2.24. The summed E-state index contributed by atoms with van der Waals surface area (Å²) in [6.07, 6.45) is 6.28. The van der Waals surface area contributed by atoms with Gasteiger partial charge in [0.15, 0.2) is 5.65 Å². The molecule has 6 heteroatoms. The normalized spacial score (nSPS) is 16.5. The number of piperidine rings is 1. The lowest BCUT2D eigenvalue weighted by atomic mass is 10.0. The number of imidazole rings is 1. The van der Waals surface area contributed by atoms with Crippen molar-refractivity contribution in [3.8, 4) is 0 Å². The van der Waals surface area contributed by atoms with Crippen molar-refractivity contribution in [1.29, 1.82) is 0 Å². The molecule has 0 aliphatic carbocycles. The molecule has 25 heavy (non-hydrogen) atoms. The van der Waals surface area contributed by atoms with Crippen LogP contribution < -0.4 is 5.69 Å². The van der Waals surface area contributed by atoms with E-state index in [2.05, 4.69) is 45.2 Å². The molecular formula is C19H23N5O. The van der Waals surface area contributed by atoms with Crippen LogP contribution in [-0.2, 0) is 13.5 Å². The number of aryl methyl sites for hydroxylation is 1. The van der Waals surface area contributed by atoms with Gasteiger partial charge in [-0.05, 0) is 24.8 Å². The van der Waals surface area contributed by atoms with Crippen molar-refractivity contribution in [2.45, 2.75) is 25.3 Å². The van der Waals surface area contributed by atoms with Crippen LogP contribution in [0.2, 0.25) is 0 Å². The molecule has 1 aliphatic rings. The van der Waals surface area contributed by atoms with Crippen molar-refractivity contribution in [2.24, 2.45) is 7.05 Å². The van der Waals surface area contributed by atoms with Gasteiger partial charge >= 0.3 is 5.69 Å². The minimum absolute atomic E-state index is 0.0123. The molecule has 0 spiro atoms. The third-order valence-corrected chi connectivity index (χ3v) is 5.24. The fraction of sp³-hybridized carbons (Fsp3) is 0.421. The lowest BCUT2D eigenvalue weighted by molar-refractivity contribution is 0.188. The highest BCUT2D eigenvalue weighted by atomic mass is 16.1. The molecule has 1 aromatic carbocycles. The van der Waals surface area contributed by atoms with Crippen LogP contribution in [0.15, 0.2) is 47.7 Å². The number of aromatic nitrogens is 4. The summed E-state index contributed by atoms with van der Waals surface area (Å²) < 4.78 is 3.52. The van der Waals surface area contributed by atoms with Gasteiger partial charge in [0.25, 0.3) is 0 Å². The van der Waals surface area contributed by atoms with Crippen LogP contribution in [0.5, 0.6) is 0 Å². The molecule has 0 amide bonds. The molecule has 3 heterocycles. The van der Waals surface area contributed by atoms with Gasteiger partial charge < -0.3 is 4.90 Å². The predicted octanol–water partition coefficient (Wildman–Crippen LogP) is 2.01. The number of hydrogen-bond donors (Lipinski definition) is 0. The van der Waals surface area contributed by atoms with E-state index in [9.17, 15) is 4.79 Å². The maximum Gasteiger partial charge on any atom is 0.330 e. The second kappa shape index (κ2) is 6.80. The third-order valence-electron chi connectivity index (χ3n) is 5.24. The molecular weight excluding hydrogens is 314 g/mol. The summed E-state index contributed by atoms with van der Waals surface area (Å²) in [7, 11) is 1.79. The molecule has 0 unspecified atom stereocenters. The van der Waals surface area contributed by atoms with Crippen LogP contribution in [0.1, 0.15) is 24.4 Å². The molecule has 3 aromatic rings. The number of rotatable bonds is 4. The van der Waals surface area contributed by atoms with Crippen LogP contribution in [-0.4, -0.2) is 43.6 Å². The summed E-state index contributed by atoms with van der Waals surface area (Å²) in [6.45, 7) is 3.11. The zero-order valence-corrected chi connectivity index (χ0v) is 14.5. The molecule has 130 valence electrons. The van der Waals surface area contributed by atoms with Crippen molar-refractivity contribution in [1.82, 2.24) is 24.0 Å². The fourth-order valence-corrected chi connectivity index (χ4v) is 3.76. The van der Waals surface area contributed by atoms with Crippen LogP contribution in [0.3, 0.4) is 0 Å². The monoisotopic (exact) mass is 337 g/mol. The summed E-state index contributed by atoms with van der Waals surface area (Å²) in [6, 6.07) is 10.8. The van der Waals surface area contributed by atoms with Crippen molar-refractivity contribution in [3.05, 3.63) is 58.9 Å². The van der Waals surface area contributed by atoms with Gasteiger partial charge in [0.05, 0.1) is 6.20 Å². The predicted molar refractivity (Wildman–Crippen MR) is 97.6 cm³/mol. The Hall–Kier alpha value is -2.47. The minimum atomic E-state index is 0.0123. The Morgan fingerprint density at radius 2 is 1.92 bits per heavy atom. The van der Waals surface area contributed by atoms with E-state index in [1.165, 1.54) is 11.9 Å². The van der Waals surface area contributed by atoms with Gasteiger partial charge in [-0.3, -0.25) is 9.13 Å². The van der Waals surface area contributed by atoms with Gasteiger partial charge in [0.2, 0.25) is 0 Å². The summed E-state index contributed by atoms with van der Waals surface area (Å²) in [4.78, 5) is 23.5. The van der Waals surface area contributed by atoms with Crippen molar-refractivity contribution in [3.63, 3.8) is 0 Å². The molecule has 6 nitrogen and oxygen atoms in total. The van der Waals surface area contributed by atoms with Gasteiger partial charge in [-0.2, -0.15) is 0 Å². The first-order chi connectivity index (χ1) is 12.2. The summed E-state index contributed by atoms with van der Waals surface area (Å²) >= 11 is 0. The van der Waals surface area contributed by atoms with Crippen molar-refractivity contribution >= 4 is 11.2 Å². The molecule has 1 saturated heterocycles. The molecule has 0 radical (unpaired) electrons. The molecule has 0 saturated carbocycles. The number of fused-ring (bicyclic) bond motifs is 1. The Kier molecular flexibility index (Phi) is 4.36. The Balaban J connectivity index is 1.44. The van der Waals surface area contributed by atoms with E-state index in [0.29, 0.717) is 0 Å². The van der Waals surface area contributed by atoms with E-state index >= 15 is 0 Å². The molecule has 2 aromatic heterocycles. The fourth-order valence-electron chi connectivity index (χ4n) is 3.76. The molecule has 0 atom stereocenters. The summed E-state index contributed by atoms with van der Waals surface area (Å²) in [5.41, 5.74) is 2.95. The Bertz CT molecular complexity index is 906. The maximum atomic E-state index is 12.6. The van der Waals surface area contributed by atoms with Gasteiger partial charge in [-0.1, -0.05) is 30.3 Å². The average Bonchev–Trinajstić information content (AvgIpc) is 2.92. The van der Waals surface area contributed by atoms with Gasteiger partial charge in [0.1, 0.15) is 11.8 Å². The van der Waals surface area contributed by atoms with Crippen LogP contribution in [0.25, 0.3) is 11.2 Å². The Labute approximate surface area is 146 Å². The Morgan fingerprint density at radius 1 is 1.16 bits per heavy atom. The number of nitrogens with zero attached hydrogens (tertiary/aromatic N) is 5. The number of benzene rings is 1. The second-order valence-electron chi connectivity index (χ2n) is 6.75. The van der Waals surface area contributed by atoms with E-state index < -0.39 is 0 Å². The second-order valence-corrected chi connectivity index (χ2v) is 6.75. The van der Waals surface area contributed by atoms with E-state index in [0.717, 1.165) is 50.1 Å². The third kappa shape index (κ3) is 3.09. The van der Waals surface area contributed by atoms with Gasteiger partial charge in [-0.15, -0.1) is 0 Å². The molecule has 4 rings (SSSR count). The quantitative estimate of drug-likeness (QED) is 0.731.